The van der Waals surface area contributed by atoms with Gasteiger partial charge in [-0.25, -0.2) is 0 Å². The van der Waals surface area contributed by atoms with E-state index >= 15 is 0 Å². The van der Waals surface area contributed by atoms with E-state index in [1.54, 1.807) is 0 Å². The van der Waals surface area contributed by atoms with Crippen LogP contribution >= 0.6 is 31.9 Å². The van der Waals surface area contributed by atoms with Crippen molar-refractivity contribution in [1.82, 2.24) is 0 Å². The van der Waals surface area contributed by atoms with Gasteiger partial charge >= 0.3 is 0 Å². The monoisotopic (exact) mass is 346 g/mol. The van der Waals surface area contributed by atoms with E-state index in [4.69, 9.17) is 4.74 Å². The van der Waals surface area contributed by atoms with Crippen LogP contribution < -0.4 is 0 Å². The van der Waals surface area contributed by atoms with Crippen LogP contribution in [0.25, 0.3) is 0 Å². The lowest BCUT2D eigenvalue weighted by molar-refractivity contribution is 0.0746. The predicted molar refractivity (Wildman–Crippen MR) is 74.1 cm³/mol. The van der Waals surface area contributed by atoms with Crippen LogP contribution in [0.2, 0.25) is 0 Å². The molecule has 0 amide bonds. The fourth-order valence-electron chi connectivity index (χ4n) is 2.29. The highest BCUT2D eigenvalue weighted by Crippen LogP contribution is 2.40. The van der Waals surface area contributed by atoms with Gasteiger partial charge in [-0.3, -0.25) is 0 Å². The van der Waals surface area contributed by atoms with E-state index in [1.165, 1.54) is 10.0 Å². The average Bonchev–Trinajstić information content (AvgIpc) is 2.64. The van der Waals surface area contributed by atoms with Gasteiger partial charge < -0.3 is 4.74 Å². The molecule has 2 atom stereocenters. The summed E-state index contributed by atoms with van der Waals surface area (Å²) in [5.41, 5.74) is 1.63. The normalized spacial score (nSPS) is 29.6. The minimum atomic E-state index is 0.254. The topological polar surface area (TPSA) is 9.23 Å². The van der Waals surface area contributed by atoms with E-state index in [0.717, 1.165) is 24.8 Å². The van der Waals surface area contributed by atoms with Gasteiger partial charge in [-0.1, -0.05) is 50.1 Å². The van der Waals surface area contributed by atoms with Crippen LogP contribution in [0.1, 0.15) is 18.9 Å². The number of benzene rings is 1. The van der Waals surface area contributed by atoms with Crippen LogP contribution in [0.15, 0.2) is 28.7 Å². The minimum absolute atomic E-state index is 0.254. The fraction of sp³-hybridized carbons (Fsp3) is 0.538. The number of hydrogen-bond acceptors (Lipinski definition) is 1. The first-order valence-electron chi connectivity index (χ1n) is 5.59. The van der Waals surface area contributed by atoms with E-state index in [0.29, 0.717) is 6.10 Å². The molecule has 2 unspecified atom stereocenters. The summed E-state index contributed by atoms with van der Waals surface area (Å²) in [5, 5.41) is 1.00. The SMILES string of the molecule is CC1OCCC1(CBr)Cc1ccccc1Br. The average molecular weight is 348 g/mol. The van der Waals surface area contributed by atoms with Crippen molar-refractivity contribution >= 4 is 31.9 Å². The van der Waals surface area contributed by atoms with E-state index in [-0.39, 0.29) is 5.41 Å². The maximum atomic E-state index is 5.73. The zero-order chi connectivity index (χ0) is 11.6. The van der Waals surface area contributed by atoms with Crippen molar-refractivity contribution in [3.63, 3.8) is 0 Å². The third-order valence-electron chi connectivity index (χ3n) is 3.60. The van der Waals surface area contributed by atoms with Crippen LogP contribution in [0.4, 0.5) is 0 Å². The Labute approximate surface area is 114 Å². The number of ether oxygens (including phenoxy) is 1. The Morgan fingerprint density at radius 1 is 1.44 bits per heavy atom. The van der Waals surface area contributed by atoms with Crippen molar-refractivity contribution in [2.45, 2.75) is 25.9 Å². The molecule has 3 heteroatoms. The van der Waals surface area contributed by atoms with Gasteiger partial charge in [0.15, 0.2) is 0 Å². The number of hydrogen-bond donors (Lipinski definition) is 0. The summed E-state index contributed by atoms with van der Waals surface area (Å²) in [4.78, 5) is 0. The zero-order valence-corrected chi connectivity index (χ0v) is 12.6. The summed E-state index contributed by atoms with van der Waals surface area (Å²) < 4.78 is 6.93. The molecule has 0 spiro atoms. The minimum Gasteiger partial charge on any atom is -0.378 e. The quantitative estimate of drug-likeness (QED) is 0.745. The third-order valence-corrected chi connectivity index (χ3v) is 5.49. The van der Waals surface area contributed by atoms with Crippen LogP contribution in [0.3, 0.4) is 0 Å². The van der Waals surface area contributed by atoms with Crippen molar-refractivity contribution in [3.8, 4) is 0 Å². The van der Waals surface area contributed by atoms with E-state index in [2.05, 4.69) is 63.0 Å². The highest BCUT2D eigenvalue weighted by atomic mass is 79.9. The largest absolute Gasteiger partial charge is 0.378 e. The highest BCUT2D eigenvalue weighted by Gasteiger charge is 2.40. The van der Waals surface area contributed by atoms with Crippen LogP contribution in [-0.2, 0) is 11.2 Å². The van der Waals surface area contributed by atoms with Gasteiger partial charge in [0.1, 0.15) is 0 Å². The van der Waals surface area contributed by atoms with Gasteiger partial charge in [-0.2, -0.15) is 0 Å². The Morgan fingerprint density at radius 2 is 2.19 bits per heavy atom. The Hall–Kier alpha value is 0.140. The first kappa shape index (κ1) is 12.6. The zero-order valence-electron chi connectivity index (χ0n) is 9.38. The van der Waals surface area contributed by atoms with E-state index in [1.807, 2.05) is 0 Å². The molecule has 1 aromatic carbocycles. The number of rotatable bonds is 3. The molecule has 16 heavy (non-hydrogen) atoms. The van der Waals surface area contributed by atoms with E-state index in [9.17, 15) is 0 Å². The molecule has 1 nitrogen and oxygen atoms in total. The van der Waals surface area contributed by atoms with E-state index < -0.39 is 0 Å². The summed E-state index contributed by atoms with van der Waals surface area (Å²) in [6.45, 7) is 3.07. The molecule has 1 heterocycles. The van der Waals surface area contributed by atoms with Crippen molar-refractivity contribution in [2.75, 3.05) is 11.9 Å². The Balaban J connectivity index is 2.22. The van der Waals surface area contributed by atoms with Gasteiger partial charge in [-0.15, -0.1) is 0 Å². The lowest BCUT2D eigenvalue weighted by Crippen LogP contribution is -2.33. The summed E-state index contributed by atoms with van der Waals surface area (Å²) in [6.07, 6.45) is 2.54. The fourth-order valence-corrected chi connectivity index (χ4v) is 3.65. The maximum absolute atomic E-state index is 5.73. The predicted octanol–water partition coefficient (Wildman–Crippen LogP) is 4.18. The molecular formula is C13H16Br2O. The van der Waals surface area contributed by atoms with Gasteiger partial charge in [0.05, 0.1) is 6.10 Å². The number of alkyl halides is 1. The van der Waals surface area contributed by atoms with Crippen molar-refractivity contribution in [2.24, 2.45) is 5.41 Å². The van der Waals surface area contributed by atoms with Crippen molar-refractivity contribution < 1.29 is 4.74 Å². The second kappa shape index (κ2) is 5.19. The molecule has 0 aliphatic carbocycles. The molecule has 0 bridgehead atoms. The molecule has 0 aromatic heterocycles. The molecule has 2 rings (SSSR count). The first-order valence-corrected chi connectivity index (χ1v) is 7.50. The smallest absolute Gasteiger partial charge is 0.0615 e. The van der Waals surface area contributed by atoms with Crippen molar-refractivity contribution in [3.05, 3.63) is 34.3 Å². The molecule has 0 N–H and O–H groups in total. The summed E-state index contributed by atoms with van der Waals surface area (Å²) in [5.74, 6) is 0. The van der Waals surface area contributed by atoms with Crippen LogP contribution in [-0.4, -0.2) is 18.0 Å². The van der Waals surface area contributed by atoms with Crippen LogP contribution in [0, 0.1) is 5.41 Å². The molecule has 0 saturated carbocycles. The van der Waals surface area contributed by atoms with Gasteiger partial charge in [0.25, 0.3) is 0 Å². The van der Waals surface area contributed by atoms with Gasteiger partial charge in [0.2, 0.25) is 0 Å². The molecule has 1 aliphatic rings. The third kappa shape index (κ3) is 2.36. The second-order valence-corrected chi connectivity index (χ2v) is 5.94. The molecule has 1 fully saturated rings. The highest BCUT2D eigenvalue weighted by molar-refractivity contribution is 9.10. The summed E-state index contributed by atoms with van der Waals surface area (Å²) >= 11 is 7.28. The lowest BCUT2D eigenvalue weighted by Gasteiger charge is -2.30. The molecule has 0 radical (unpaired) electrons. The maximum Gasteiger partial charge on any atom is 0.0615 e. The molecule has 88 valence electrons. The summed E-state index contributed by atoms with van der Waals surface area (Å²) in [6, 6.07) is 8.46. The number of halogens is 2. The first-order chi connectivity index (χ1) is 7.68. The Morgan fingerprint density at radius 3 is 2.75 bits per heavy atom. The molecule has 1 aromatic rings. The molecule has 1 aliphatic heterocycles. The lowest BCUT2D eigenvalue weighted by atomic mass is 9.78. The second-order valence-electron chi connectivity index (χ2n) is 4.53. The van der Waals surface area contributed by atoms with Crippen LogP contribution in [0.5, 0.6) is 0 Å². The molecular weight excluding hydrogens is 332 g/mol. The summed E-state index contributed by atoms with van der Waals surface area (Å²) in [7, 11) is 0. The van der Waals surface area contributed by atoms with Crippen molar-refractivity contribution in [1.29, 1.82) is 0 Å². The van der Waals surface area contributed by atoms with Gasteiger partial charge in [-0.05, 0) is 31.4 Å². The Kier molecular flexibility index (Phi) is 4.09. The Bertz CT molecular complexity index is 367. The standard InChI is InChI=1S/C13H16Br2O/c1-10-13(9-14,6-7-16-10)8-11-4-2-3-5-12(11)15/h2-5,10H,6-9H2,1H3. The molecule has 1 saturated heterocycles. The van der Waals surface area contributed by atoms with Gasteiger partial charge in [0, 0.05) is 21.8 Å².